The van der Waals surface area contributed by atoms with E-state index in [0.29, 0.717) is 37.1 Å². The molecule has 0 spiro atoms. The first-order valence-electron chi connectivity index (χ1n) is 7.17. The maximum atomic E-state index is 5.51. The van der Waals surface area contributed by atoms with E-state index in [2.05, 4.69) is 15.1 Å². The van der Waals surface area contributed by atoms with Crippen LogP contribution in [0.25, 0.3) is 11.5 Å². The fourth-order valence-electron chi connectivity index (χ4n) is 2.07. The van der Waals surface area contributed by atoms with E-state index < -0.39 is 0 Å². The maximum absolute atomic E-state index is 5.51. The molecule has 1 aromatic carbocycles. The molecule has 2 aromatic heterocycles. The van der Waals surface area contributed by atoms with Gasteiger partial charge in [-0.3, -0.25) is 0 Å². The molecule has 0 radical (unpaired) electrons. The molecule has 7 heteroatoms. The second-order valence-electron chi connectivity index (χ2n) is 4.90. The first-order valence-corrected chi connectivity index (χ1v) is 7.17. The lowest BCUT2D eigenvalue weighted by Gasteiger charge is -1.99. The molecule has 2 heterocycles. The van der Waals surface area contributed by atoms with Crippen molar-refractivity contribution in [1.29, 1.82) is 0 Å². The standard InChI is InChI=1S/C16H17N3O4/c1-20-8-7-15-18-14(19-23-15)9-12-10-22-16(17-12)11-3-5-13(21-2)6-4-11/h3-6,10H,7-9H2,1-2H3. The Morgan fingerprint density at radius 3 is 2.65 bits per heavy atom. The fourth-order valence-corrected chi connectivity index (χ4v) is 2.07. The van der Waals surface area contributed by atoms with Crippen LogP contribution < -0.4 is 4.74 Å². The van der Waals surface area contributed by atoms with Crippen molar-refractivity contribution in [3.8, 4) is 17.2 Å². The van der Waals surface area contributed by atoms with Gasteiger partial charge in [-0.15, -0.1) is 0 Å². The summed E-state index contributed by atoms with van der Waals surface area (Å²) in [5.74, 6) is 2.47. The smallest absolute Gasteiger partial charge is 0.228 e. The van der Waals surface area contributed by atoms with E-state index in [1.54, 1.807) is 20.5 Å². The molecule has 0 aliphatic rings. The molecule has 0 fully saturated rings. The summed E-state index contributed by atoms with van der Waals surface area (Å²) in [7, 11) is 3.26. The van der Waals surface area contributed by atoms with E-state index in [9.17, 15) is 0 Å². The molecule has 0 aliphatic carbocycles. The second kappa shape index (κ2) is 7.06. The molecule has 120 valence electrons. The third-order valence-corrected chi connectivity index (χ3v) is 3.26. The number of hydrogen-bond acceptors (Lipinski definition) is 7. The third kappa shape index (κ3) is 3.75. The molecule has 3 aromatic rings. The maximum Gasteiger partial charge on any atom is 0.228 e. The SMILES string of the molecule is COCCc1nc(Cc2coc(-c3ccc(OC)cc3)n2)no1. The zero-order valence-electron chi connectivity index (χ0n) is 13.0. The van der Waals surface area contributed by atoms with Crippen molar-refractivity contribution in [2.45, 2.75) is 12.8 Å². The Balaban J connectivity index is 1.67. The minimum absolute atomic E-state index is 0.455. The number of rotatable bonds is 7. The van der Waals surface area contributed by atoms with Crippen LogP contribution in [0.5, 0.6) is 5.75 Å². The Morgan fingerprint density at radius 2 is 1.91 bits per heavy atom. The lowest BCUT2D eigenvalue weighted by atomic mass is 10.2. The van der Waals surface area contributed by atoms with Gasteiger partial charge in [0.15, 0.2) is 5.82 Å². The topological polar surface area (TPSA) is 83.4 Å². The van der Waals surface area contributed by atoms with Gasteiger partial charge < -0.3 is 18.4 Å². The lowest BCUT2D eigenvalue weighted by Crippen LogP contribution is -1.96. The van der Waals surface area contributed by atoms with Gasteiger partial charge in [0, 0.05) is 12.7 Å². The largest absolute Gasteiger partial charge is 0.497 e. The number of hydrogen-bond donors (Lipinski definition) is 0. The molecule has 0 saturated carbocycles. The molecule has 0 bridgehead atoms. The van der Waals surface area contributed by atoms with E-state index >= 15 is 0 Å². The third-order valence-electron chi connectivity index (χ3n) is 3.26. The Hall–Kier alpha value is -2.67. The van der Waals surface area contributed by atoms with E-state index in [0.717, 1.165) is 17.0 Å². The van der Waals surface area contributed by atoms with Gasteiger partial charge in [0.1, 0.15) is 12.0 Å². The minimum Gasteiger partial charge on any atom is -0.497 e. The lowest BCUT2D eigenvalue weighted by molar-refractivity contribution is 0.192. The number of benzene rings is 1. The number of aromatic nitrogens is 3. The van der Waals surface area contributed by atoms with Crippen LogP contribution in [0.4, 0.5) is 0 Å². The van der Waals surface area contributed by atoms with Gasteiger partial charge in [0.25, 0.3) is 0 Å². The Bertz CT molecular complexity index is 749. The van der Waals surface area contributed by atoms with Gasteiger partial charge in [-0.25, -0.2) is 4.98 Å². The van der Waals surface area contributed by atoms with Crippen LogP contribution >= 0.6 is 0 Å². The Labute approximate surface area is 133 Å². The zero-order valence-corrected chi connectivity index (χ0v) is 13.0. The second-order valence-corrected chi connectivity index (χ2v) is 4.90. The molecule has 0 unspecified atom stereocenters. The molecule has 0 atom stereocenters. The molecule has 0 saturated heterocycles. The van der Waals surface area contributed by atoms with Crippen LogP contribution in [0.3, 0.4) is 0 Å². The van der Waals surface area contributed by atoms with Crippen LogP contribution in [0, 0.1) is 0 Å². The van der Waals surface area contributed by atoms with E-state index in [1.807, 2.05) is 24.3 Å². The summed E-state index contributed by atoms with van der Waals surface area (Å²) < 4.78 is 20.8. The van der Waals surface area contributed by atoms with Crippen LogP contribution in [0.2, 0.25) is 0 Å². The van der Waals surface area contributed by atoms with E-state index in [-0.39, 0.29) is 0 Å². The Morgan fingerprint density at radius 1 is 1.09 bits per heavy atom. The van der Waals surface area contributed by atoms with Gasteiger partial charge in [0.2, 0.25) is 11.8 Å². The molecule has 0 N–H and O–H groups in total. The fraction of sp³-hybridized carbons (Fsp3) is 0.312. The van der Waals surface area contributed by atoms with Crippen molar-refractivity contribution in [3.05, 3.63) is 47.9 Å². The first-order chi connectivity index (χ1) is 11.3. The molecule has 0 amide bonds. The van der Waals surface area contributed by atoms with E-state index in [1.165, 1.54) is 0 Å². The predicted molar refractivity (Wildman–Crippen MR) is 81.2 cm³/mol. The summed E-state index contributed by atoms with van der Waals surface area (Å²) in [5, 5.41) is 3.93. The summed E-state index contributed by atoms with van der Waals surface area (Å²) in [6, 6.07) is 7.51. The molecule has 7 nitrogen and oxygen atoms in total. The number of oxazole rings is 1. The minimum atomic E-state index is 0.455. The monoisotopic (exact) mass is 315 g/mol. The molecule has 23 heavy (non-hydrogen) atoms. The average Bonchev–Trinajstić information content (AvgIpc) is 3.23. The predicted octanol–water partition coefficient (Wildman–Crippen LogP) is 2.51. The van der Waals surface area contributed by atoms with Crippen LogP contribution in [-0.2, 0) is 17.6 Å². The first kappa shape index (κ1) is 15.2. The summed E-state index contributed by atoms with van der Waals surface area (Å²) in [6.07, 6.45) is 2.65. The molecule has 3 rings (SSSR count). The Kier molecular flexibility index (Phi) is 4.68. The quantitative estimate of drug-likeness (QED) is 0.662. The normalized spacial score (nSPS) is 10.9. The highest BCUT2D eigenvalue weighted by atomic mass is 16.5. The summed E-state index contributed by atoms with van der Waals surface area (Å²) >= 11 is 0. The van der Waals surface area contributed by atoms with E-state index in [4.69, 9.17) is 18.4 Å². The van der Waals surface area contributed by atoms with Crippen molar-refractivity contribution >= 4 is 0 Å². The van der Waals surface area contributed by atoms with Crippen molar-refractivity contribution in [1.82, 2.24) is 15.1 Å². The van der Waals surface area contributed by atoms with Gasteiger partial charge in [-0.1, -0.05) is 5.16 Å². The van der Waals surface area contributed by atoms with Crippen molar-refractivity contribution in [2.75, 3.05) is 20.8 Å². The summed E-state index contributed by atoms with van der Waals surface area (Å²) in [6.45, 7) is 0.549. The molecular formula is C16H17N3O4. The molecular weight excluding hydrogens is 298 g/mol. The van der Waals surface area contributed by atoms with Crippen LogP contribution in [0.15, 0.2) is 39.5 Å². The number of methoxy groups -OCH3 is 2. The number of nitrogens with zero attached hydrogens (tertiary/aromatic N) is 3. The number of ether oxygens (including phenoxy) is 2. The summed E-state index contributed by atoms with van der Waals surface area (Å²) in [5.41, 5.74) is 1.63. The van der Waals surface area contributed by atoms with Gasteiger partial charge in [0.05, 0.1) is 32.3 Å². The van der Waals surface area contributed by atoms with Gasteiger partial charge in [-0.2, -0.15) is 4.98 Å². The van der Waals surface area contributed by atoms with Crippen molar-refractivity contribution < 1.29 is 18.4 Å². The highest BCUT2D eigenvalue weighted by molar-refractivity contribution is 5.54. The highest BCUT2D eigenvalue weighted by Gasteiger charge is 2.11. The van der Waals surface area contributed by atoms with Crippen LogP contribution in [0.1, 0.15) is 17.4 Å². The molecule has 0 aliphatic heterocycles. The zero-order chi connectivity index (χ0) is 16.1. The van der Waals surface area contributed by atoms with Gasteiger partial charge in [-0.05, 0) is 24.3 Å². The highest BCUT2D eigenvalue weighted by Crippen LogP contribution is 2.22. The average molecular weight is 315 g/mol. The van der Waals surface area contributed by atoms with Gasteiger partial charge >= 0.3 is 0 Å². The van der Waals surface area contributed by atoms with Crippen molar-refractivity contribution in [3.63, 3.8) is 0 Å². The summed E-state index contributed by atoms with van der Waals surface area (Å²) in [4.78, 5) is 8.74. The van der Waals surface area contributed by atoms with Crippen LogP contribution in [-0.4, -0.2) is 36.0 Å². The van der Waals surface area contributed by atoms with Crippen molar-refractivity contribution in [2.24, 2.45) is 0 Å².